The molecule has 1 heterocycles. The molecule has 0 aromatic heterocycles. The summed E-state index contributed by atoms with van der Waals surface area (Å²) in [5.41, 5.74) is 2.14. The lowest BCUT2D eigenvalue weighted by molar-refractivity contribution is -0.196. The third kappa shape index (κ3) is 4.67. The summed E-state index contributed by atoms with van der Waals surface area (Å²) in [5.74, 6) is -1.74. The monoisotopic (exact) mass is 415 g/mol. The van der Waals surface area contributed by atoms with Gasteiger partial charge in [0.15, 0.2) is 11.5 Å². The third-order valence-corrected chi connectivity index (χ3v) is 5.80. The predicted octanol–water partition coefficient (Wildman–Crippen LogP) is 3.08. The highest BCUT2D eigenvalue weighted by molar-refractivity contribution is 8.15. The van der Waals surface area contributed by atoms with E-state index in [0.29, 0.717) is 12.0 Å². The summed E-state index contributed by atoms with van der Waals surface area (Å²) < 4.78 is 10.6. The summed E-state index contributed by atoms with van der Waals surface area (Å²) in [4.78, 5) is 35.3. The van der Waals surface area contributed by atoms with Crippen LogP contribution in [0.25, 0.3) is 0 Å². The average molecular weight is 415 g/mol. The molecule has 3 rings (SSSR count). The Morgan fingerprint density at radius 1 is 1.24 bits per heavy atom. The summed E-state index contributed by atoms with van der Waals surface area (Å²) >= 11 is 0.980. The maximum atomic E-state index is 12.4. The molecule has 2 amide bonds. The fourth-order valence-corrected chi connectivity index (χ4v) is 3.97. The molecule has 152 valence electrons. The van der Waals surface area contributed by atoms with Crippen LogP contribution in [0, 0.1) is 0 Å². The van der Waals surface area contributed by atoms with Gasteiger partial charge in [-0.05, 0) is 29.7 Å². The number of amides is 2. The van der Waals surface area contributed by atoms with E-state index in [2.05, 4.69) is 5.32 Å². The molecule has 1 unspecified atom stereocenters. The highest BCUT2D eigenvalue weighted by Gasteiger charge is 2.37. The zero-order chi connectivity index (χ0) is 21.0. The van der Waals surface area contributed by atoms with Crippen molar-refractivity contribution in [3.05, 3.63) is 71.0 Å². The number of benzene rings is 1. The molecule has 1 aliphatic heterocycles. The molecule has 0 saturated carbocycles. The average Bonchev–Trinajstić information content (AvgIpc) is 3.04. The number of ketones is 1. The first kappa shape index (κ1) is 21.0. The van der Waals surface area contributed by atoms with E-state index in [1.54, 1.807) is 36.4 Å². The Morgan fingerprint density at radius 3 is 2.52 bits per heavy atom. The number of imide groups is 1. The molecule has 1 aromatic carbocycles. The van der Waals surface area contributed by atoms with E-state index in [4.69, 9.17) is 9.47 Å². The SMILES string of the molecule is COC1(OC)CC(C=CC(=O)c2ccc(CC3SC(=O)NC3=O)cc2)=CC=C1O. The van der Waals surface area contributed by atoms with E-state index in [1.807, 2.05) is 0 Å². The highest BCUT2D eigenvalue weighted by atomic mass is 32.2. The smallest absolute Gasteiger partial charge is 0.286 e. The van der Waals surface area contributed by atoms with Crippen molar-refractivity contribution in [1.82, 2.24) is 5.32 Å². The topological polar surface area (TPSA) is 102 Å². The van der Waals surface area contributed by atoms with Crippen LogP contribution >= 0.6 is 11.8 Å². The van der Waals surface area contributed by atoms with Crippen LogP contribution < -0.4 is 5.32 Å². The molecular formula is C21H21NO6S. The molecule has 7 nitrogen and oxygen atoms in total. The molecule has 1 aromatic rings. The van der Waals surface area contributed by atoms with E-state index in [0.717, 1.165) is 22.9 Å². The molecule has 2 aliphatic rings. The number of aliphatic hydroxyl groups is 1. The van der Waals surface area contributed by atoms with Gasteiger partial charge >= 0.3 is 0 Å². The van der Waals surface area contributed by atoms with Crippen molar-refractivity contribution in [3.8, 4) is 0 Å². The molecule has 1 aliphatic carbocycles. The Kier molecular flexibility index (Phi) is 6.36. The summed E-state index contributed by atoms with van der Waals surface area (Å²) in [5, 5.41) is 11.5. The van der Waals surface area contributed by atoms with Crippen molar-refractivity contribution in [2.75, 3.05) is 14.2 Å². The number of aliphatic hydroxyl groups excluding tert-OH is 1. The Hall–Kier alpha value is -2.68. The van der Waals surface area contributed by atoms with Gasteiger partial charge in [-0.2, -0.15) is 0 Å². The number of carbonyl (C=O) groups excluding carboxylic acids is 3. The second-order valence-corrected chi connectivity index (χ2v) is 7.79. The first-order chi connectivity index (χ1) is 13.9. The van der Waals surface area contributed by atoms with Crippen molar-refractivity contribution in [2.45, 2.75) is 23.9 Å². The molecule has 0 bridgehead atoms. The zero-order valence-electron chi connectivity index (χ0n) is 16.0. The van der Waals surface area contributed by atoms with Gasteiger partial charge in [-0.25, -0.2) is 0 Å². The van der Waals surface area contributed by atoms with E-state index in [9.17, 15) is 19.5 Å². The summed E-state index contributed by atoms with van der Waals surface area (Å²) in [6.45, 7) is 0. The van der Waals surface area contributed by atoms with Crippen LogP contribution in [0.4, 0.5) is 4.79 Å². The normalized spacial score (nSPS) is 21.1. The zero-order valence-corrected chi connectivity index (χ0v) is 16.8. The van der Waals surface area contributed by atoms with Gasteiger partial charge < -0.3 is 14.6 Å². The van der Waals surface area contributed by atoms with Gasteiger partial charge in [0.25, 0.3) is 5.24 Å². The molecule has 2 N–H and O–H groups in total. The van der Waals surface area contributed by atoms with Crippen LogP contribution in [0.2, 0.25) is 0 Å². The van der Waals surface area contributed by atoms with Crippen LogP contribution in [0.1, 0.15) is 22.3 Å². The molecule has 1 fully saturated rings. The molecule has 1 saturated heterocycles. The fraction of sp³-hybridized carbons (Fsp3) is 0.286. The lowest BCUT2D eigenvalue weighted by Crippen LogP contribution is -2.37. The minimum atomic E-state index is -1.24. The number of carbonyl (C=O) groups is 3. The van der Waals surface area contributed by atoms with Crippen LogP contribution in [0.15, 0.2) is 59.9 Å². The number of ether oxygens (including phenoxy) is 2. The van der Waals surface area contributed by atoms with Crippen molar-refractivity contribution < 1.29 is 29.0 Å². The Labute approximate surface area is 172 Å². The second-order valence-electron chi connectivity index (χ2n) is 6.61. The molecular weight excluding hydrogens is 394 g/mol. The van der Waals surface area contributed by atoms with Gasteiger partial charge in [0.05, 0.1) is 5.25 Å². The lowest BCUT2D eigenvalue weighted by Gasteiger charge is -2.32. The third-order valence-electron chi connectivity index (χ3n) is 4.82. The van der Waals surface area contributed by atoms with Crippen molar-refractivity contribution in [2.24, 2.45) is 0 Å². The van der Waals surface area contributed by atoms with Crippen LogP contribution in [-0.4, -0.2) is 47.3 Å². The van der Waals surface area contributed by atoms with Gasteiger partial charge in [0, 0.05) is 26.2 Å². The molecule has 1 atom stereocenters. The van der Waals surface area contributed by atoms with Crippen molar-refractivity contribution >= 4 is 28.7 Å². The van der Waals surface area contributed by atoms with Crippen LogP contribution in [0.5, 0.6) is 0 Å². The van der Waals surface area contributed by atoms with Crippen molar-refractivity contribution in [1.29, 1.82) is 0 Å². The Morgan fingerprint density at radius 2 is 1.93 bits per heavy atom. The predicted molar refractivity (Wildman–Crippen MR) is 109 cm³/mol. The van der Waals surface area contributed by atoms with E-state index >= 15 is 0 Å². The van der Waals surface area contributed by atoms with Gasteiger partial charge in [-0.15, -0.1) is 0 Å². The fourth-order valence-electron chi connectivity index (χ4n) is 3.11. The number of hydrogen-bond acceptors (Lipinski definition) is 7. The minimum Gasteiger partial charge on any atom is -0.507 e. The largest absolute Gasteiger partial charge is 0.507 e. The number of hydrogen-bond donors (Lipinski definition) is 2. The minimum absolute atomic E-state index is 0.0302. The number of rotatable bonds is 7. The number of nitrogens with one attached hydrogen (secondary N) is 1. The second kappa shape index (κ2) is 8.77. The van der Waals surface area contributed by atoms with Gasteiger partial charge in [0.2, 0.25) is 11.7 Å². The number of methoxy groups -OCH3 is 2. The molecule has 29 heavy (non-hydrogen) atoms. The Balaban J connectivity index is 1.64. The summed E-state index contributed by atoms with van der Waals surface area (Å²) in [6, 6.07) is 6.94. The van der Waals surface area contributed by atoms with Gasteiger partial charge in [-0.1, -0.05) is 48.2 Å². The molecule has 0 radical (unpaired) electrons. The summed E-state index contributed by atoms with van der Waals surface area (Å²) in [7, 11) is 2.88. The summed E-state index contributed by atoms with van der Waals surface area (Å²) in [6.07, 6.45) is 6.99. The van der Waals surface area contributed by atoms with Gasteiger partial charge in [-0.3, -0.25) is 19.7 Å². The number of allylic oxidation sites excluding steroid dienone is 4. The van der Waals surface area contributed by atoms with Crippen LogP contribution in [0.3, 0.4) is 0 Å². The quantitative estimate of drug-likeness (QED) is 0.401. The van der Waals surface area contributed by atoms with E-state index < -0.39 is 11.0 Å². The lowest BCUT2D eigenvalue weighted by atomic mass is 9.96. The number of thioether (sulfide) groups is 1. The molecule has 0 spiro atoms. The standard InChI is InChI=1S/C21H21NO6S/c1-27-21(28-2)12-14(6-10-18(21)24)5-9-16(23)15-7-3-13(4-8-15)11-17-19(25)22-20(26)29-17/h3-10,17,24H,11-12H2,1-2H3,(H,22,25,26). The maximum Gasteiger partial charge on any atom is 0.286 e. The van der Waals surface area contributed by atoms with E-state index in [1.165, 1.54) is 26.4 Å². The van der Waals surface area contributed by atoms with Crippen LogP contribution in [-0.2, 0) is 20.7 Å². The molecule has 8 heteroatoms. The van der Waals surface area contributed by atoms with E-state index in [-0.39, 0.29) is 29.1 Å². The maximum absolute atomic E-state index is 12.4. The first-order valence-electron chi connectivity index (χ1n) is 8.90. The van der Waals surface area contributed by atoms with Crippen molar-refractivity contribution in [3.63, 3.8) is 0 Å². The highest BCUT2D eigenvalue weighted by Crippen LogP contribution is 2.32. The van der Waals surface area contributed by atoms with Gasteiger partial charge in [0.1, 0.15) is 0 Å². The Bertz CT molecular complexity index is 912. The first-order valence-corrected chi connectivity index (χ1v) is 9.78.